The molecule has 0 aromatic carbocycles. The second-order valence-electron chi connectivity index (χ2n) is 4.09. The molecule has 1 fully saturated rings. The monoisotopic (exact) mass is 240 g/mol. The largest absolute Gasteiger partial charge is 0.373 e. The minimum absolute atomic E-state index is 0.399. The number of nitrogens with zero attached hydrogens (tertiary/aromatic N) is 1. The number of nitrogens with one attached hydrogen (secondary N) is 1. The van der Waals surface area contributed by atoms with E-state index in [9.17, 15) is 0 Å². The summed E-state index contributed by atoms with van der Waals surface area (Å²) in [6, 6.07) is 3.72. The molecule has 0 saturated heterocycles. The van der Waals surface area contributed by atoms with E-state index >= 15 is 0 Å². The first-order chi connectivity index (χ1) is 7.79. The van der Waals surface area contributed by atoms with Gasteiger partial charge in [-0.25, -0.2) is 4.98 Å². The number of aromatic nitrogens is 1. The first-order valence-electron chi connectivity index (χ1n) is 5.74. The van der Waals surface area contributed by atoms with E-state index in [2.05, 4.69) is 10.3 Å². The van der Waals surface area contributed by atoms with Crippen molar-refractivity contribution in [3.05, 3.63) is 22.8 Å². The van der Waals surface area contributed by atoms with Crippen LogP contribution in [0.15, 0.2) is 12.1 Å². The Kier molecular flexibility index (Phi) is 4.02. The van der Waals surface area contributed by atoms with Crippen LogP contribution in [0.5, 0.6) is 0 Å². The SMILES string of the molecule is CNc1ccc(Cl)c(COC2CCCC2)n1. The van der Waals surface area contributed by atoms with Crippen LogP contribution < -0.4 is 5.32 Å². The summed E-state index contributed by atoms with van der Waals surface area (Å²) in [7, 11) is 1.85. The molecule has 1 aliphatic carbocycles. The highest BCUT2D eigenvalue weighted by molar-refractivity contribution is 6.31. The Morgan fingerprint density at radius 2 is 2.19 bits per heavy atom. The van der Waals surface area contributed by atoms with Crippen molar-refractivity contribution in [2.45, 2.75) is 38.4 Å². The number of hydrogen-bond donors (Lipinski definition) is 1. The summed E-state index contributed by atoms with van der Waals surface area (Å²) in [5.41, 5.74) is 0.820. The third-order valence-electron chi connectivity index (χ3n) is 2.93. The van der Waals surface area contributed by atoms with Crippen LogP contribution in [0.2, 0.25) is 5.02 Å². The molecule has 0 radical (unpaired) electrons. The molecule has 0 amide bonds. The van der Waals surface area contributed by atoms with Gasteiger partial charge in [0.2, 0.25) is 0 Å². The van der Waals surface area contributed by atoms with Gasteiger partial charge in [0.25, 0.3) is 0 Å². The molecule has 1 saturated carbocycles. The van der Waals surface area contributed by atoms with Crippen molar-refractivity contribution in [1.82, 2.24) is 4.98 Å². The van der Waals surface area contributed by atoms with E-state index in [0.29, 0.717) is 17.7 Å². The van der Waals surface area contributed by atoms with Crippen molar-refractivity contribution >= 4 is 17.4 Å². The average molecular weight is 241 g/mol. The Bertz CT molecular complexity index is 351. The number of hydrogen-bond acceptors (Lipinski definition) is 3. The molecule has 1 N–H and O–H groups in total. The molecule has 1 aromatic heterocycles. The molecule has 0 spiro atoms. The van der Waals surface area contributed by atoms with Crippen molar-refractivity contribution in [3.63, 3.8) is 0 Å². The molecule has 0 atom stereocenters. The predicted octanol–water partition coefficient (Wildman–Crippen LogP) is 3.24. The summed E-state index contributed by atoms with van der Waals surface area (Å²) in [6.07, 6.45) is 5.30. The zero-order valence-corrected chi connectivity index (χ0v) is 10.3. The van der Waals surface area contributed by atoms with Crippen molar-refractivity contribution in [1.29, 1.82) is 0 Å². The fourth-order valence-electron chi connectivity index (χ4n) is 1.98. The first kappa shape index (κ1) is 11.7. The average Bonchev–Trinajstić information content (AvgIpc) is 2.81. The van der Waals surface area contributed by atoms with E-state index in [-0.39, 0.29) is 0 Å². The Morgan fingerprint density at radius 3 is 2.88 bits per heavy atom. The third kappa shape index (κ3) is 2.86. The molecular weight excluding hydrogens is 224 g/mol. The summed E-state index contributed by atoms with van der Waals surface area (Å²) < 4.78 is 5.79. The van der Waals surface area contributed by atoms with E-state index in [1.807, 2.05) is 19.2 Å². The molecule has 1 heterocycles. The van der Waals surface area contributed by atoms with Crippen LogP contribution in [-0.2, 0) is 11.3 Å². The maximum Gasteiger partial charge on any atom is 0.126 e. The zero-order valence-electron chi connectivity index (χ0n) is 9.50. The van der Waals surface area contributed by atoms with Gasteiger partial charge in [-0.2, -0.15) is 0 Å². The molecule has 4 heteroatoms. The van der Waals surface area contributed by atoms with Gasteiger partial charge in [-0.3, -0.25) is 0 Å². The predicted molar refractivity (Wildman–Crippen MR) is 65.8 cm³/mol. The Hall–Kier alpha value is -0.800. The van der Waals surface area contributed by atoms with Gasteiger partial charge in [-0.1, -0.05) is 24.4 Å². The van der Waals surface area contributed by atoms with Gasteiger partial charge in [0.15, 0.2) is 0 Å². The molecule has 1 aromatic rings. The first-order valence-corrected chi connectivity index (χ1v) is 6.12. The number of pyridine rings is 1. The molecule has 1 aliphatic rings. The summed E-state index contributed by atoms with van der Waals surface area (Å²) in [4.78, 5) is 4.38. The van der Waals surface area contributed by atoms with E-state index in [1.54, 1.807) is 0 Å². The lowest BCUT2D eigenvalue weighted by Crippen LogP contribution is -2.09. The standard InChI is InChI=1S/C12H17ClN2O/c1-14-12-7-6-10(13)11(15-12)8-16-9-4-2-3-5-9/h6-7,9H,2-5,8H2,1H3,(H,14,15). The fraction of sp³-hybridized carbons (Fsp3) is 0.583. The Balaban J connectivity index is 1.96. The van der Waals surface area contributed by atoms with E-state index < -0.39 is 0 Å². The van der Waals surface area contributed by atoms with Crippen molar-refractivity contribution in [2.75, 3.05) is 12.4 Å². The van der Waals surface area contributed by atoms with Gasteiger partial charge >= 0.3 is 0 Å². The lowest BCUT2D eigenvalue weighted by atomic mass is 10.3. The molecule has 2 rings (SSSR count). The summed E-state index contributed by atoms with van der Waals surface area (Å²) in [6.45, 7) is 0.513. The highest BCUT2D eigenvalue weighted by Crippen LogP contribution is 2.24. The van der Waals surface area contributed by atoms with Crippen molar-refractivity contribution in [2.24, 2.45) is 0 Å². The molecule has 0 bridgehead atoms. The smallest absolute Gasteiger partial charge is 0.126 e. The molecule has 0 unspecified atom stereocenters. The molecule has 88 valence electrons. The summed E-state index contributed by atoms with van der Waals surface area (Å²) in [5, 5.41) is 3.67. The van der Waals surface area contributed by atoms with E-state index in [4.69, 9.17) is 16.3 Å². The van der Waals surface area contributed by atoms with Crippen LogP contribution >= 0.6 is 11.6 Å². The summed E-state index contributed by atoms with van der Waals surface area (Å²) >= 11 is 6.07. The van der Waals surface area contributed by atoms with Gasteiger partial charge in [0.1, 0.15) is 5.82 Å². The zero-order chi connectivity index (χ0) is 11.4. The maximum atomic E-state index is 6.07. The van der Waals surface area contributed by atoms with Gasteiger partial charge in [0, 0.05) is 7.05 Å². The Morgan fingerprint density at radius 1 is 1.44 bits per heavy atom. The summed E-state index contributed by atoms with van der Waals surface area (Å²) in [5.74, 6) is 0.828. The second kappa shape index (κ2) is 5.51. The highest BCUT2D eigenvalue weighted by Gasteiger charge is 2.16. The number of anilines is 1. The van der Waals surface area contributed by atoms with Crippen LogP contribution in [0.25, 0.3) is 0 Å². The third-order valence-corrected chi connectivity index (χ3v) is 3.28. The topological polar surface area (TPSA) is 34.1 Å². The van der Waals surface area contributed by atoms with E-state index in [1.165, 1.54) is 25.7 Å². The van der Waals surface area contributed by atoms with Gasteiger partial charge in [0.05, 0.1) is 23.4 Å². The van der Waals surface area contributed by atoms with Crippen LogP contribution in [0.3, 0.4) is 0 Å². The second-order valence-corrected chi connectivity index (χ2v) is 4.50. The van der Waals surface area contributed by atoms with Crippen LogP contribution in [-0.4, -0.2) is 18.1 Å². The minimum Gasteiger partial charge on any atom is -0.373 e. The minimum atomic E-state index is 0.399. The molecule has 16 heavy (non-hydrogen) atoms. The quantitative estimate of drug-likeness (QED) is 0.878. The van der Waals surface area contributed by atoms with Gasteiger partial charge in [-0.05, 0) is 25.0 Å². The maximum absolute atomic E-state index is 6.07. The van der Waals surface area contributed by atoms with Crippen molar-refractivity contribution in [3.8, 4) is 0 Å². The number of rotatable bonds is 4. The van der Waals surface area contributed by atoms with E-state index in [0.717, 1.165) is 11.5 Å². The van der Waals surface area contributed by atoms with Gasteiger partial charge < -0.3 is 10.1 Å². The van der Waals surface area contributed by atoms with Crippen molar-refractivity contribution < 1.29 is 4.74 Å². The van der Waals surface area contributed by atoms with Crippen LogP contribution in [0.4, 0.5) is 5.82 Å². The number of halogens is 1. The lowest BCUT2D eigenvalue weighted by molar-refractivity contribution is 0.0439. The van der Waals surface area contributed by atoms with Crippen LogP contribution in [0.1, 0.15) is 31.4 Å². The Labute approximate surface area is 101 Å². The van der Waals surface area contributed by atoms with Crippen LogP contribution in [0, 0.1) is 0 Å². The lowest BCUT2D eigenvalue weighted by Gasteiger charge is -2.12. The number of ether oxygens (including phenoxy) is 1. The fourth-order valence-corrected chi connectivity index (χ4v) is 2.14. The highest BCUT2D eigenvalue weighted by atomic mass is 35.5. The molecule has 3 nitrogen and oxygen atoms in total. The molecular formula is C12H17ClN2O. The van der Waals surface area contributed by atoms with Gasteiger partial charge in [-0.15, -0.1) is 0 Å². The normalized spacial score (nSPS) is 16.6. The molecule has 0 aliphatic heterocycles.